The lowest BCUT2D eigenvalue weighted by atomic mass is 10.1. The number of pyridine rings is 1. The van der Waals surface area contributed by atoms with E-state index in [9.17, 15) is 13.2 Å². The molecule has 0 bridgehead atoms. The number of hydrogen-bond donors (Lipinski definition) is 1. The third-order valence-corrected chi connectivity index (χ3v) is 8.09. The zero-order valence-corrected chi connectivity index (χ0v) is 21.0. The molecule has 2 atom stereocenters. The van der Waals surface area contributed by atoms with E-state index in [1.54, 1.807) is 12.4 Å². The summed E-state index contributed by atoms with van der Waals surface area (Å²) in [5.74, 6) is 0.0321. The molecule has 0 radical (unpaired) electrons. The first-order valence-corrected chi connectivity index (χ1v) is 13.8. The molecule has 4 heterocycles. The maximum Gasteiger partial charge on any atom is 0.210 e. The molecule has 1 aliphatic heterocycles. The minimum Gasteiger partial charge on any atom is -0.382 e. The molecule has 2 N–H and O–H groups in total. The third kappa shape index (κ3) is 4.32. The van der Waals surface area contributed by atoms with Crippen LogP contribution in [0.5, 0.6) is 0 Å². The van der Waals surface area contributed by atoms with Crippen LogP contribution in [0.3, 0.4) is 0 Å². The zero-order valence-electron chi connectivity index (χ0n) is 20.2. The van der Waals surface area contributed by atoms with E-state index in [-0.39, 0.29) is 22.8 Å². The summed E-state index contributed by atoms with van der Waals surface area (Å²) < 4.78 is 26.8. The number of fused-ring (bicyclic) bond motifs is 1. The SMILES string of the molecule is CC1CCC(CCc2nc3c(-c4ccc(-c5ccccc5)nc4)cnn3c(N)c2S(C)(=O)=O)N1C=O. The molecule has 10 heteroatoms. The van der Waals surface area contributed by atoms with Gasteiger partial charge in [-0.2, -0.15) is 9.61 Å². The van der Waals surface area contributed by atoms with Crippen molar-refractivity contribution in [2.45, 2.75) is 49.6 Å². The number of carbonyl (C=O) groups excluding carboxylic acids is 1. The molecule has 1 amide bonds. The predicted molar refractivity (Wildman–Crippen MR) is 138 cm³/mol. The number of amides is 1. The maximum absolute atomic E-state index is 12.7. The number of nitrogen functional groups attached to an aromatic ring is 1. The Labute approximate surface area is 209 Å². The van der Waals surface area contributed by atoms with Gasteiger partial charge in [0.2, 0.25) is 6.41 Å². The van der Waals surface area contributed by atoms with Crippen molar-refractivity contribution in [1.82, 2.24) is 24.5 Å². The molecule has 1 aromatic carbocycles. The molecule has 3 aromatic heterocycles. The first-order chi connectivity index (χ1) is 17.3. The molecule has 5 rings (SSSR count). The van der Waals surface area contributed by atoms with Crippen molar-refractivity contribution in [3.8, 4) is 22.4 Å². The van der Waals surface area contributed by atoms with E-state index >= 15 is 0 Å². The van der Waals surface area contributed by atoms with Crippen LogP contribution < -0.4 is 5.73 Å². The molecule has 0 aliphatic carbocycles. The monoisotopic (exact) mass is 504 g/mol. The van der Waals surface area contributed by atoms with E-state index in [1.165, 1.54) is 4.52 Å². The van der Waals surface area contributed by atoms with E-state index in [4.69, 9.17) is 10.7 Å². The summed E-state index contributed by atoms with van der Waals surface area (Å²) in [5, 5.41) is 4.35. The lowest BCUT2D eigenvalue weighted by Gasteiger charge is -2.24. The number of aromatic nitrogens is 4. The lowest BCUT2D eigenvalue weighted by Crippen LogP contribution is -2.33. The van der Waals surface area contributed by atoms with Crippen molar-refractivity contribution in [3.05, 3.63) is 60.6 Å². The number of aryl methyl sites for hydroxylation is 1. The number of benzene rings is 1. The summed E-state index contributed by atoms with van der Waals surface area (Å²) in [4.78, 5) is 22.7. The fourth-order valence-electron chi connectivity index (χ4n) is 5.04. The number of anilines is 1. The maximum atomic E-state index is 12.7. The molecule has 0 saturated carbocycles. The number of nitrogens with zero attached hydrogens (tertiary/aromatic N) is 5. The first kappa shape index (κ1) is 23.9. The second-order valence-electron chi connectivity index (χ2n) is 9.31. The minimum atomic E-state index is -3.67. The van der Waals surface area contributed by atoms with Gasteiger partial charge in [-0.1, -0.05) is 36.4 Å². The Kier molecular flexibility index (Phi) is 6.21. The molecular formula is C26H28N6O3S. The smallest absolute Gasteiger partial charge is 0.210 e. The molecule has 9 nitrogen and oxygen atoms in total. The van der Waals surface area contributed by atoms with Gasteiger partial charge in [-0.25, -0.2) is 13.4 Å². The van der Waals surface area contributed by atoms with Gasteiger partial charge in [-0.05, 0) is 38.7 Å². The highest BCUT2D eigenvalue weighted by Crippen LogP contribution is 2.32. The molecule has 2 unspecified atom stereocenters. The van der Waals surface area contributed by atoms with Crippen LogP contribution in [0.4, 0.5) is 5.82 Å². The number of nitrogens with two attached hydrogens (primary N) is 1. The van der Waals surface area contributed by atoms with E-state index in [1.807, 2.05) is 54.3 Å². The number of hydrogen-bond acceptors (Lipinski definition) is 7. The van der Waals surface area contributed by atoms with E-state index < -0.39 is 9.84 Å². The summed E-state index contributed by atoms with van der Waals surface area (Å²) in [6, 6.07) is 14.0. The van der Waals surface area contributed by atoms with Gasteiger partial charge < -0.3 is 10.6 Å². The van der Waals surface area contributed by atoms with Crippen LogP contribution in [-0.4, -0.2) is 57.6 Å². The summed E-state index contributed by atoms with van der Waals surface area (Å²) >= 11 is 0. The first-order valence-electron chi connectivity index (χ1n) is 11.9. The molecule has 36 heavy (non-hydrogen) atoms. The Balaban J connectivity index is 1.54. The quantitative estimate of drug-likeness (QED) is 0.383. The summed E-state index contributed by atoms with van der Waals surface area (Å²) in [7, 11) is -3.67. The van der Waals surface area contributed by atoms with E-state index in [2.05, 4.69) is 10.1 Å². The Bertz CT molecular complexity index is 1520. The highest BCUT2D eigenvalue weighted by molar-refractivity contribution is 7.91. The molecule has 186 valence electrons. The number of rotatable bonds is 7. The Morgan fingerprint density at radius 3 is 2.53 bits per heavy atom. The highest BCUT2D eigenvalue weighted by atomic mass is 32.2. The Morgan fingerprint density at radius 1 is 1.08 bits per heavy atom. The Morgan fingerprint density at radius 2 is 1.86 bits per heavy atom. The topological polar surface area (TPSA) is 124 Å². The van der Waals surface area contributed by atoms with Crippen molar-refractivity contribution in [3.63, 3.8) is 0 Å². The average molecular weight is 505 g/mol. The fraction of sp³-hybridized carbons (Fsp3) is 0.308. The van der Waals surface area contributed by atoms with Crippen LogP contribution in [-0.2, 0) is 21.1 Å². The summed E-state index contributed by atoms with van der Waals surface area (Å²) in [6.45, 7) is 2.02. The Hall–Kier alpha value is -3.79. The van der Waals surface area contributed by atoms with Crippen LogP contribution in [0.2, 0.25) is 0 Å². The van der Waals surface area contributed by atoms with Gasteiger partial charge in [0.05, 0.1) is 17.6 Å². The highest BCUT2D eigenvalue weighted by Gasteiger charge is 2.30. The molecule has 1 aliphatic rings. The summed E-state index contributed by atoms with van der Waals surface area (Å²) in [6.07, 6.45) is 8.17. The van der Waals surface area contributed by atoms with E-state index in [0.717, 1.165) is 42.3 Å². The molecule has 4 aromatic rings. The van der Waals surface area contributed by atoms with Gasteiger partial charge in [0.1, 0.15) is 10.7 Å². The second-order valence-corrected chi connectivity index (χ2v) is 11.3. The van der Waals surface area contributed by atoms with Crippen LogP contribution in [0.25, 0.3) is 28.0 Å². The molecule has 1 fully saturated rings. The normalized spacial score (nSPS) is 18.1. The largest absolute Gasteiger partial charge is 0.382 e. The van der Waals surface area contributed by atoms with Crippen LogP contribution in [0, 0.1) is 0 Å². The van der Waals surface area contributed by atoms with Crippen molar-refractivity contribution in [2.24, 2.45) is 0 Å². The number of carbonyl (C=O) groups is 1. The van der Waals surface area contributed by atoms with Crippen molar-refractivity contribution in [1.29, 1.82) is 0 Å². The van der Waals surface area contributed by atoms with Crippen molar-refractivity contribution in [2.75, 3.05) is 12.0 Å². The van der Waals surface area contributed by atoms with E-state index in [0.29, 0.717) is 29.7 Å². The van der Waals surface area contributed by atoms with Gasteiger partial charge in [-0.3, -0.25) is 9.78 Å². The summed E-state index contributed by atoms with van der Waals surface area (Å²) in [5.41, 5.74) is 10.6. The van der Waals surface area contributed by atoms with Gasteiger partial charge in [0.15, 0.2) is 15.5 Å². The van der Waals surface area contributed by atoms with Gasteiger partial charge >= 0.3 is 0 Å². The molecule has 0 spiro atoms. The standard InChI is InChI=1S/C26H28N6O3S/c1-17-8-10-20(31(17)16-33)11-13-23-24(36(2,34)35)25(27)32-26(30-23)21(15-29-32)19-9-12-22(28-14-19)18-6-4-3-5-7-18/h3-7,9,12,14-17,20H,8,10-11,13,27H2,1-2H3. The van der Waals surface area contributed by atoms with Crippen molar-refractivity contribution < 1.29 is 13.2 Å². The van der Waals surface area contributed by atoms with Crippen LogP contribution >= 0.6 is 0 Å². The average Bonchev–Trinajstić information content (AvgIpc) is 3.45. The number of sulfone groups is 1. The lowest BCUT2D eigenvalue weighted by molar-refractivity contribution is -0.120. The second kappa shape index (κ2) is 9.34. The van der Waals surface area contributed by atoms with Gasteiger partial charge in [0.25, 0.3) is 0 Å². The van der Waals surface area contributed by atoms with Crippen LogP contribution in [0.15, 0.2) is 59.8 Å². The predicted octanol–water partition coefficient (Wildman–Crippen LogP) is 3.39. The third-order valence-electron chi connectivity index (χ3n) is 6.91. The number of likely N-dealkylation sites (tertiary alicyclic amines) is 1. The van der Waals surface area contributed by atoms with Crippen LogP contribution in [0.1, 0.15) is 31.9 Å². The molecule has 1 saturated heterocycles. The van der Waals surface area contributed by atoms with Gasteiger partial charge in [-0.15, -0.1) is 0 Å². The zero-order chi connectivity index (χ0) is 25.4. The van der Waals surface area contributed by atoms with Gasteiger partial charge in [0, 0.05) is 41.2 Å². The molecular weight excluding hydrogens is 476 g/mol. The minimum absolute atomic E-state index is 0.00843. The fourth-order valence-corrected chi connectivity index (χ4v) is 6.08. The van der Waals surface area contributed by atoms with Crippen molar-refractivity contribution >= 4 is 27.7 Å².